The average Bonchev–Trinajstić information content (AvgIpc) is 2.99. The fourth-order valence-electron chi connectivity index (χ4n) is 1.83. The summed E-state index contributed by atoms with van der Waals surface area (Å²) in [6, 6.07) is 1.95. The lowest BCUT2D eigenvalue weighted by Gasteiger charge is -2.10. The van der Waals surface area contributed by atoms with Crippen LogP contribution in [-0.4, -0.2) is 37.4 Å². The van der Waals surface area contributed by atoms with Crippen LogP contribution >= 0.6 is 24.0 Å². The van der Waals surface area contributed by atoms with Gasteiger partial charge in [-0.3, -0.25) is 0 Å². The van der Waals surface area contributed by atoms with Gasteiger partial charge in [0.15, 0.2) is 11.7 Å². The number of unbranched alkanes of at least 4 members (excludes halogenated alkanes) is 1. The van der Waals surface area contributed by atoms with Crippen molar-refractivity contribution in [3.05, 3.63) is 17.5 Å². The first kappa shape index (κ1) is 22.2. The highest BCUT2D eigenvalue weighted by atomic mass is 127. The Morgan fingerprint density at radius 1 is 1.22 bits per heavy atom. The number of guanidine groups is 1. The molecule has 23 heavy (non-hydrogen) atoms. The average molecular weight is 438 g/mol. The molecular weight excluding hydrogens is 407 g/mol. The summed E-state index contributed by atoms with van der Waals surface area (Å²) < 4.78 is 10.8. The molecule has 134 valence electrons. The molecule has 1 aromatic rings. The van der Waals surface area contributed by atoms with Crippen molar-refractivity contribution in [2.24, 2.45) is 4.99 Å². The van der Waals surface area contributed by atoms with Gasteiger partial charge in [-0.15, -0.1) is 24.0 Å². The molecule has 6 nitrogen and oxygen atoms in total. The maximum Gasteiger partial charge on any atom is 0.191 e. The zero-order chi connectivity index (χ0) is 16.0. The number of nitrogens with zero attached hydrogens (tertiary/aromatic N) is 2. The molecule has 0 spiro atoms. The van der Waals surface area contributed by atoms with Crippen LogP contribution in [-0.2, 0) is 17.7 Å². The van der Waals surface area contributed by atoms with Gasteiger partial charge in [0.25, 0.3) is 0 Å². The molecule has 2 N–H and O–H groups in total. The summed E-state index contributed by atoms with van der Waals surface area (Å²) in [4.78, 5) is 4.50. The van der Waals surface area contributed by atoms with Crippen LogP contribution in [0.5, 0.6) is 0 Å². The molecule has 1 heterocycles. The number of halogens is 1. The van der Waals surface area contributed by atoms with Crippen molar-refractivity contribution in [3.8, 4) is 0 Å². The highest BCUT2D eigenvalue weighted by Crippen LogP contribution is 2.05. The summed E-state index contributed by atoms with van der Waals surface area (Å²) >= 11 is 0. The van der Waals surface area contributed by atoms with Gasteiger partial charge in [0.05, 0.1) is 5.69 Å². The maximum atomic E-state index is 5.54. The Kier molecular flexibility index (Phi) is 14.2. The topological polar surface area (TPSA) is 71.7 Å². The van der Waals surface area contributed by atoms with E-state index < -0.39 is 0 Å². The van der Waals surface area contributed by atoms with Crippen LogP contribution in [0.1, 0.15) is 51.5 Å². The largest absolute Gasteiger partial charge is 0.381 e. The molecule has 1 rings (SSSR count). The second-order valence-electron chi connectivity index (χ2n) is 5.08. The number of ether oxygens (including phenoxy) is 1. The molecule has 0 aliphatic rings. The third-order valence-corrected chi connectivity index (χ3v) is 3.11. The van der Waals surface area contributed by atoms with Crippen molar-refractivity contribution in [1.29, 1.82) is 0 Å². The van der Waals surface area contributed by atoms with Crippen molar-refractivity contribution in [3.63, 3.8) is 0 Å². The predicted octanol–water partition coefficient (Wildman–Crippen LogP) is 3.12. The highest BCUT2D eigenvalue weighted by molar-refractivity contribution is 14.0. The van der Waals surface area contributed by atoms with E-state index in [1.54, 1.807) is 0 Å². The van der Waals surface area contributed by atoms with Gasteiger partial charge in [-0.25, -0.2) is 4.99 Å². The predicted molar refractivity (Wildman–Crippen MR) is 104 cm³/mol. The van der Waals surface area contributed by atoms with E-state index in [0.717, 1.165) is 63.0 Å². The molecule has 0 amide bonds. The van der Waals surface area contributed by atoms with E-state index in [0.29, 0.717) is 6.54 Å². The van der Waals surface area contributed by atoms with Gasteiger partial charge in [0.1, 0.15) is 6.54 Å². The molecule has 0 atom stereocenters. The normalized spacial score (nSPS) is 11.2. The molecule has 7 heteroatoms. The molecule has 0 radical (unpaired) electrons. The molecule has 0 fully saturated rings. The van der Waals surface area contributed by atoms with Crippen molar-refractivity contribution in [1.82, 2.24) is 15.8 Å². The fourth-order valence-corrected chi connectivity index (χ4v) is 1.83. The first-order chi connectivity index (χ1) is 10.8. The van der Waals surface area contributed by atoms with Crippen LogP contribution in [0.15, 0.2) is 15.6 Å². The zero-order valence-corrected chi connectivity index (χ0v) is 16.9. The molecule has 0 unspecified atom stereocenters. The van der Waals surface area contributed by atoms with E-state index >= 15 is 0 Å². The maximum absolute atomic E-state index is 5.54. The Hall–Kier alpha value is -0.830. The first-order valence-electron chi connectivity index (χ1n) is 8.34. The smallest absolute Gasteiger partial charge is 0.191 e. The molecular formula is C16H31IN4O2. The SMILES string of the molecule is CCCCOCCCNC(=NCc1cc(CC)no1)NCC.I. The van der Waals surface area contributed by atoms with Crippen LogP contribution in [0.3, 0.4) is 0 Å². The van der Waals surface area contributed by atoms with Gasteiger partial charge < -0.3 is 19.9 Å². The summed E-state index contributed by atoms with van der Waals surface area (Å²) in [6.45, 7) is 10.1. The monoisotopic (exact) mass is 438 g/mol. The summed E-state index contributed by atoms with van der Waals surface area (Å²) in [5.41, 5.74) is 0.965. The highest BCUT2D eigenvalue weighted by Gasteiger charge is 2.02. The van der Waals surface area contributed by atoms with Crippen molar-refractivity contribution in [2.75, 3.05) is 26.3 Å². The number of hydrogen-bond donors (Lipinski definition) is 2. The van der Waals surface area contributed by atoms with Crippen molar-refractivity contribution >= 4 is 29.9 Å². The zero-order valence-electron chi connectivity index (χ0n) is 14.6. The van der Waals surface area contributed by atoms with Crippen LogP contribution in [0.25, 0.3) is 0 Å². The Morgan fingerprint density at radius 2 is 2.00 bits per heavy atom. The number of aliphatic imine (C=N–C) groups is 1. The van der Waals surface area contributed by atoms with Crippen molar-refractivity contribution in [2.45, 2.75) is 53.0 Å². The second-order valence-corrected chi connectivity index (χ2v) is 5.08. The minimum absolute atomic E-state index is 0. The summed E-state index contributed by atoms with van der Waals surface area (Å²) in [6.07, 6.45) is 4.16. The number of hydrogen-bond acceptors (Lipinski definition) is 4. The van der Waals surface area contributed by atoms with E-state index in [9.17, 15) is 0 Å². The number of aromatic nitrogens is 1. The summed E-state index contributed by atoms with van der Waals surface area (Å²) in [7, 11) is 0. The molecule has 0 aromatic carbocycles. The second kappa shape index (κ2) is 14.7. The Balaban J connectivity index is 0.00000484. The van der Waals surface area contributed by atoms with E-state index in [-0.39, 0.29) is 24.0 Å². The Morgan fingerprint density at radius 3 is 2.65 bits per heavy atom. The van der Waals surface area contributed by atoms with E-state index in [2.05, 4.69) is 41.6 Å². The quantitative estimate of drug-likeness (QED) is 0.241. The molecule has 0 saturated heterocycles. The molecule has 0 bridgehead atoms. The summed E-state index contributed by atoms with van der Waals surface area (Å²) in [5, 5.41) is 10.5. The third kappa shape index (κ3) is 10.5. The minimum Gasteiger partial charge on any atom is -0.381 e. The molecule has 0 aliphatic heterocycles. The van der Waals surface area contributed by atoms with Gasteiger partial charge in [-0.05, 0) is 26.2 Å². The van der Waals surface area contributed by atoms with Gasteiger partial charge in [-0.1, -0.05) is 25.4 Å². The molecule has 0 aliphatic carbocycles. The van der Waals surface area contributed by atoms with Crippen LogP contribution in [0, 0.1) is 0 Å². The van der Waals surface area contributed by atoms with Gasteiger partial charge in [-0.2, -0.15) is 0 Å². The lowest BCUT2D eigenvalue weighted by Crippen LogP contribution is -2.38. The standard InChI is InChI=1S/C16H30N4O2.HI/c1-4-7-10-21-11-8-9-18-16(17-6-3)19-13-15-12-14(5-2)20-22-15;/h12H,4-11,13H2,1-3H3,(H2,17,18,19);1H. The fraction of sp³-hybridized carbons (Fsp3) is 0.750. The van der Waals surface area contributed by atoms with Crippen molar-refractivity contribution < 1.29 is 9.26 Å². The van der Waals surface area contributed by atoms with E-state index in [1.807, 2.05) is 6.07 Å². The summed E-state index contributed by atoms with van der Waals surface area (Å²) in [5.74, 6) is 1.59. The lowest BCUT2D eigenvalue weighted by atomic mass is 10.3. The Labute approximate surface area is 156 Å². The number of rotatable bonds is 11. The minimum atomic E-state index is 0. The van der Waals surface area contributed by atoms with Gasteiger partial charge >= 0.3 is 0 Å². The lowest BCUT2D eigenvalue weighted by molar-refractivity contribution is 0.129. The number of aryl methyl sites for hydroxylation is 1. The van der Waals surface area contributed by atoms with E-state index in [1.165, 1.54) is 6.42 Å². The Bertz CT molecular complexity index is 424. The number of nitrogens with one attached hydrogen (secondary N) is 2. The third-order valence-electron chi connectivity index (χ3n) is 3.11. The van der Waals surface area contributed by atoms with Crippen LogP contribution in [0.2, 0.25) is 0 Å². The first-order valence-corrected chi connectivity index (χ1v) is 8.34. The van der Waals surface area contributed by atoms with Crippen LogP contribution < -0.4 is 10.6 Å². The van der Waals surface area contributed by atoms with E-state index in [4.69, 9.17) is 9.26 Å². The molecule has 0 saturated carbocycles. The van der Waals surface area contributed by atoms with Crippen LogP contribution in [0.4, 0.5) is 0 Å². The van der Waals surface area contributed by atoms with Gasteiger partial charge in [0, 0.05) is 32.4 Å². The molecule has 1 aromatic heterocycles. The van der Waals surface area contributed by atoms with Gasteiger partial charge in [0.2, 0.25) is 0 Å².